The van der Waals surface area contributed by atoms with Gasteiger partial charge in [-0.2, -0.15) is 5.10 Å². The van der Waals surface area contributed by atoms with Crippen LogP contribution in [0.2, 0.25) is 0 Å². The molecule has 0 spiro atoms. The maximum absolute atomic E-state index is 5.46. The van der Waals surface area contributed by atoms with E-state index < -0.39 is 0 Å². The highest BCUT2D eigenvalue weighted by atomic mass is 16.7. The van der Waals surface area contributed by atoms with E-state index in [9.17, 15) is 0 Å². The minimum atomic E-state index is -0.0916. The van der Waals surface area contributed by atoms with Crippen LogP contribution in [0.5, 0.6) is 0 Å². The van der Waals surface area contributed by atoms with Crippen LogP contribution in [0.25, 0.3) is 0 Å². The molecule has 90 valence electrons. The van der Waals surface area contributed by atoms with Gasteiger partial charge in [-0.1, -0.05) is 6.92 Å². The van der Waals surface area contributed by atoms with Crippen LogP contribution in [0.1, 0.15) is 25.1 Å². The summed E-state index contributed by atoms with van der Waals surface area (Å²) >= 11 is 0. The highest BCUT2D eigenvalue weighted by molar-refractivity contribution is 5.05. The van der Waals surface area contributed by atoms with Gasteiger partial charge in [-0.15, -0.1) is 0 Å². The SMILES string of the molecule is CCNC(CC1OCCO1)c1ccn(C)n1. The van der Waals surface area contributed by atoms with Gasteiger partial charge in [0.15, 0.2) is 6.29 Å². The number of rotatable bonds is 5. The molecule has 1 aliphatic rings. The first kappa shape index (κ1) is 11.6. The molecule has 0 amide bonds. The molecule has 1 fully saturated rings. The molecule has 1 aromatic heterocycles. The topological polar surface area (TPSA) is 48.3 Å². The van der Waals surface area contributed by atoms with E-state index in [0.717, 1.165) is 18.7 Å². The van der Waals surface area contributed by atoms with E-state index in [1.165, 1.54) is 0 Å². The lowest BCUT2D eigenvalue weighted by Gasteiger charge is -2.18. The van der Waals surface area contributed by atoms with Crippen LogP contribution in [-0.2, 0) is 16.5 Å². The molecule has 16 heavy (non-hydrogen) atoms. The van der Waals surface area contributed by atoms with Gasteiger partial charge in [0.1, 0.15) is 0 Å². The third-order valence-electron chi connectivity index (χ3n) is 2.66. The Morgan fingerprint density at radius 2 is 2.31 bits per heavy atom. The van der Waals surface area contributed by atoms with Gasteiger partial charge in [0, 0.05) is 19.7 Å². The number of nitrogens with zero attached hydrogens (tertiary/aromatic N) is 2. The molecular formula is C11H19N3O2. The predicted octanol–water partition coefficient (Wildman–Crippen LogP) is 0.834. The van der Waals surface area contributed by atoms with E-state index >= 15 is 0 Å². The molecule has 0 saturated carbocycles. The predicted molar refractivity (Wildman–Crippen MR) is 59.9 cm³/mol. The van der Waals surface area contributed by atoms with Gasteiger partial charge in [0.05, 0.1) is 24.9 Å². The van der Waals surface area contributed by atoms with E-state index in [1.54, 1.807) is 0 Å². The van der Waals surface area contributed by atoms with Crippen molar-refractivity contribution in [1.29, 1.82) is 0 Å². The number of hydrogen-bond donors (Lipinski definition) is 1. The minimum absolute atomic E-state index is 0.0916. The van der Waals surface area contributed by atoms with E-state index in [-0.39, 0.29) is 12.3 Å². The Bertz CT molecular complexity index is 321. The van der Waals surface area contributed by atoms with Crippen molar-refractivity contribution in [2.45, 2.75) is 25.7 Å². The maximum atomic E-state index is 5.46. The smallest absolute Gasteiger partial charge is 0.159 e. The summed E-state index contributed by atoms with van der Waals surface area (Å²) < 4.78 is 12.7. The lowest BCUT2D eigenvalue weighted by atomic mass is 10.1. The standard InChI is InChI=1S/C11H19N3O2/c1-3-12-10(8-11-15-6-7-16-11)9-4-5-14(2)13-9/h4-5,10-12H,3,6-8H2,1-2H3. The van der Waals surface area contributed by atoms with E-state index in [1.807, 2.05) is 24.0 Å². The summed E-state index contributed by atoms with van der Waals surface area (Å²) in [4.78, 5) is 0. The first-order chi connectivity index (χ1) is 7.79. The maximum Gasteiger partial charge on any atom is 0.159 e. The number of hydrogen-bond acceptors (Lipinski definition) is 4. The van der Waals surface area contributed by atoms with Crippen molar-refractivity contribution >= 4 is 0 Å². The summed E-state index contributed by atoms with van der Waals surface area (Å²) in [6, 6.07) is 2.23. The van der Waals surface area contributed by atoms with Crippen LogP contribution in [0.15, 0.2) is 12.3 Å². The Balaban J connectivity index is 1.98. The van der Waals surface area contributed by atoms with Crippen molar-refractivity contribution in [3.05, 3.63) is 18.0 Å². The zero-order chi connectivity index (χ0) is 11.4. The second-order valence-corrected chi connectivity index (χ2v) is 3.93. The molecule has 0 aliphatic carbocycles. The van der Waals surface area contributed by atoms with Gasteiger partial charge in [0.25, 0.3) is 0 Å². The van der Waals surface area contributed by atoms with Crippen molar-refractivity contribution in [3.63, 3.8) is 0 Å². The second-order valence-electron chi connectivity index (χ2n) is 3.93. The highest BCUT2D eigenvalue weighted by Crippen LogP contribution is 2.20. The second kappa shape index (κ2) is 5.43. The Morgan fingerprint density at radius 1 is 1.56 bits per heavy atom. The Hall–Kier alpha value is -0.910. The molecule has 2 heterocycles. The van der Waals surface area contributed by atoms with E-state index in [2.05, 4.69) is 17.3 Å². The molecule has 1 aliphatic heterocycles. The quantitative estimate of drug-likeness (QED) is 0.806. The van der Waals surface area contributed by atoms with Crippen molar-refractivity contribution in [1.82, 2.24) is 15.1 Å². The largest absolute Gasteiger partial charge is 0.350 e. The van der Waals surface area contributed by atoms with Gasteiger partial charge in [-0.05, 0) is 12.6 Å². The van der Waals surface area contributed by atoms with Crippen LogP contribution in [0.3, 0.4) is 0 Å². The highest BCUT2D eigenvalue weighted by Gasteiger charge is 2.23. The summed E-state index contributed by atoms with van der Waals surface area (Å²) in [6.07, 6.45) is 2.67. The summed E-state index contributed by atoms with van der Waals surface area (Å²) in [5.74, 6) is 0. The third kappa shape index (κ3) is 2.81. The lowest BCUT2D eigenvalue weighted by Crippen LogP contribution is -2.26. The summed E-state index contributed by atoms with van der Waals surface area (Å²) in [7, 11) is 1.93. The lowest BCUT2D eigenvalue weighted by molar-refractivity contribution is -0.0532. The van der Waals surface area contributed by atoms with Crippen molar-refractivity contribution in [2.24, 2.45) is 7.05 Å². The van der Waals surface area contributed by atoms with Gasteiger partial charge in [0.2, 0.25) is 0 Å². The fourth-order valence-corrected chi connectivity index (χ4v) is 1.91. The van der Waals surface area contributed by atoms with Crippen molar-refractivity contribution in [3.8, 4) is 0 Å². The molecule has 1 unspecified atom stereocenters. The van der Waals surface area contributed by atoms with Gasteiger partial charge in [-0.25, -0.2) is 0 Å². The van der Waals surface area contributed by atoms with Crippen LogP contribution in [0.4, 0.5) is 0 Å². The van der Waals surface area contributed by atoms with Gasteiger partial charge in [-0.3, -0.25) is 4.68 Å². The van der Waals surface area contributed by atoms with Gasteiger partial charge >= 0.3 is 0 Å². The van der Waals surface area contributed by atoms with Crippen LogP contribution < -0.4 is 5.32 Å². The number of aryl methyl sites for hydroxylation is 1. The molecule has 1 aromatic rings. The fraction of sp³-hybridized carbons (Fsp3) is 0.727. The van der Waals surface area contributed by atoms with Gasteiger partial charge < -0.3 is 14.8 Å². The zero-order valence-electron chi connectivity index (χ0n) is 9.85. The number of ether oxygens (including phenoxy) is 2. The van der Waals surface area contributed by atoms with E-state index in [0.29, 0.717) is 13.2 Å². The van der Waals surface area contributed by atoms with E-state index in [4.69, 9.17) is 9.47 Å². The summed E-state index contributed by atoms with van der Waals surface area (Å²) in [5.41, 5.74) is 1.04. The van der Waals surface area contributed by atoms with Crippen molar-refractivity contribution in [2.75, 3.05) is 19.8 Å². The van der Waals surface area contributed by atoms with Crippen molar-refractivity contribution < 1.29 is 9.47 Å². The van der Waals surface area contributed by atoms with Crippen LogP contribution >= 0.6 is 0 Å². The molecule has 0 aromatic carbocycles. The minimum Gasteiger partial charge on any atom is -0.350 e. The molecule has 2 rings (SSSR count). The molecule has 0 bridgehead atoms. The first-order valence-corrected chi connectivity index (χ1v) is 5.75. The zero-order valence-corrected chi connectivity index (χ0v) is 9.85. The summed E-state index contributed by atoms with van der Waals surface area (Å²) in [6.45, 7) is 4.40. The Morgan fingerprint density at radius 3 is 2.88 bits per heavy atom. The molecule has 0 radical (unpaired) electrons. The fourth-order valence-electron chi connectivity index (χ4n) is 1.91. The molecule has 5 heteroatoms. The normalized spacial score (nSPS) is 19.1. The monoisotopic (exact) mass is 225 g/mol. The molecule has 1 saturated heterocycles. The number of nitrogens with one attached hydrogen (secondary N) is 1. The average Bonchev–Trinajstić information content (AvgIpc) is 2.88. The van der Waals surface area contributed by atoms with Crippen LogP contribution in [0, 0.1) is 0 Å². The van der Waals surface area contributed by atoms with Crippen LogP contribution in [-0.4, -0.2) is 35.8 Å². The third-order valence-corrected chi connectivity index (χ3v) is 2.66. The molecular weight excluding hydrogens is 206 g/mol. The molecule has 5 nitrogen and oxygen atoms in total. The molecule has 1 atom stereocenters. The first-order valence-electron chi connectivity index (χ1n) is 5.75. The summed E-state index contributed by atoms with van der Waals surface area (Å²) in [5, 5.41) is 7.82. The average molecular weight is 225 g/mol. The number of aromatic nitrogens is 2. The molecule has 1 N–H and O–H groups in total. The Kier molecular flexibility index (Phi) is 3.93. The Labute approximate surface area is 95.7 Å².